The Hall–Kier alpha value is -3.33. The minimum Gasteiger partial charge on any atom is -0.347 e. The first kappa shape index (κ1) is 29.6. The summed E-state index contributed by atoms with van der Waals surface area (Å²) < 4.78 is 29.2. The molecule has 0 radical (unpaired) electrons. The Bertz CT molecular complexity index is 1240. The Morgan fingerprint density at radius 1 is 0.975 bits per heavy atom. The van der Waals surface area contributed by atoms with E-state index in [9.17, 15) is 18.8 Å². The average Bonchev–Trinajstić information content (AvgIpc) is 3.31. The molecule has 9 heteroatoms. The van der Waals surface area contributed by atoms with Crippen molar-refractivity contribution in [3.8, 4) is 0 Å². The molecule has 3 atom stereocenters. The zero-order chi connectivity index (χ0) is 29.3. The molecule has 3 amide bonds. The summed E-state index contributed by atoms with van der Waals surface area (Å²) in [6.45, 7) is 4.81. The molecule has 1 aliphatic heterocycles. The van der Waals surface area contributed by atoms with E-state index in [0.717, 1.165) is 17.2 Å². The first-order valence-electron chi connectivity index (χ1n) is 13.9. The summed E-state index contributed by atoms with van der Waals surface area (Å²) in [7, 11) is 6.88. The van der Waals surface area contributed by atoms with Crippen LogP contribution in [0.5, 0.6) is 0 Å². The monoisotopic (exact) mass is 554 g/mol. The molecule has 0 spiro atoms. The molecule has 3 unspecified atom stereocenters. The van der Waals surface area contributed by atoms with Crippen LogP contribution >= 0.6 is 0 Å². The Labute approximate surface area is 235 Å². The van der Waals surface area contributed by atoms with Crippen LogP contribution in [-0.4, -0.2) is 90.7 Å². The van der Waals surface area contributed by atoms with Crippen molar-refractivity contribution in [2.75, 3.05) is 41.3 Å². The number of likely N-dealkylation sites (N-methyl/N-ethyl adjacent to an activating group) is 2. The molecular weight excluding hydrogens is 514 g/mol. The predicted octanol–water partition coefficient (Wildman–Crippen LogP) is 3.52. The molecule has 2 aromatic carbocycles. The Morgan fingerprint density at radius 2 is 1.60 bits per heavy atom. The minimum absolute atomic E-state index is 0.0143. The normalized spacial score (nSPS) is 20.4. The van der Waals surface area contributed by atoms with E-state index in [-0.39, 0.29) is 29.2 Å². The first-order chi connectivity index (χ1) is 18.9. The number of hydrogen-bond donors (Lipinski definition) is 0. The Balaban J connectivity index is 1.86. The molecule has 1 fully saturated rings. The molecule has 0 N–H and O–H groups in total. The van der Waals surface area contributed by atoms with Crippen LogP contribution < -0.4 is 0 Å². The molecule has 4 rings (SSSR count). The number of fused-ring (bicyclic) bond motifs is 1. The van der Waals surface area contributed by atoms with Gasteiger partial charge in [-0.1, -0.05) is 44.2 Å². The molecule has 2 aromatic rings. The molecule has 2 aliphatic rings. The molecule has 7 nitrogen and oxygen atoms in total. The number of piperazine rings is 1. The summed E-state index contributed by atoms with van der Waals surface area (Å²) in [4.78, 5) is 49.1. The number of carbonyl (C=O) groups is 3. The number of amides is 3. The smallest absolute Gasteiger partial charge is 0.249 e. The van der Waals surface area contributed by atoms with Crippen LogP contribution in [0.4, 0.5) is 8.78 Å². The second-order valence-corrected chi connectivity index (χ2v) is 11.9. The topological polar surface area (TPSA) is 64.2 Å². The zero-order valence-electron chi connectivity index (χ0n) is 24.2. The highest BCUT2D eigenvalue weighted by molar-refractivity contribution is 6.00. The highest BCUT2D eigenvalue weighted by Crippen LogP contribution is 2.39. The molecule has 40 heavy (non-hydrogen) atoms. The fourth-order valence-corrected chi connectivity index (χ4v) is 6.05. The van der Waals surface area contributed by atoms with Gasteiger partial charge in [-0.05, 0) is 62.4 Å². The molecule has 1 heterocycles. The van der Waals surface area contributed by atoms with Crippen molar-refractivity contribution in [2.24, 2.45) is 11.8 Å². The number of nitrogens with zero attached hydrogens (tertiary/aromatic N) is 4. The van der Waals surface area contributed by atoms with Gasteiger partial charge in [-0.2, -0.15) is 0 Å². The van der Waals surface area contributed by atoms with E-state index in [1.54, 1.807) is 4.90 Å². The number of benzene rings is 2. The highest BCUT2D eigenvalue weighted by atomic mass is 19.1. The maximum Gasteiger partial charge on any atom is 0.249 e. The van der Waals surface area contributed by atoms with Crippen LogP contribution in [0, 0.1) is 23.5 Å². The van der Waals surface area contributed by atoms with Gasteiger partial charge in [0, 0.05) is 38.8 Å². The van der Waals surface area contributed by atoms with E-state index >= 15 is 4.39 Å². The molecule has 0 aromatic heterocycles. The standard InChI is InChI=1S/C31H40F2N4O3/c1-19(2)15-26-29(38)36(14-13-34(3)4)27(22-16-20-9-7-8-10-21(20)17-22)31(40)37(26)28(30(39)35(5)6)24-12-11-23(32)18-25(24)33/h7-12,18-19,22,26-28H,13-17H2,1-6H3. The summed E-state index contributed by atoms with van der Waals surface area (Å²) in [5.74, 6) is -3.04. The lowest BCUT2D eigenvalue weighted by Gasteiger charge is -2.50. The van der Waals surface area contributed by atoms with Crippen molar-refractivity contribution in [1.29, 1.82) is 0 Å². The number of rotatable bonds is 9. The minimum atomic E-state index is -1.40. The third-order valence-corrected chi connectivity index (χ3v) is 7.97. The summed E-state index contributed by atoms with van der Waals surface area (Å²) in [5, 5.41) is 0. The van der Waals surface area contributed by atoms with Gasteiger partial charge < -0.3 is 19.6 Å². The van der Waals surface area contributed by atoms with E-state index in [2.05, 4.69) is 0 Å². The van der Waals surface area contributed by atoms with Gasteiger partial charge in [-0.15, -0.1) is 0 Å². The van der Waals surface area contributed by atoms with Crippen LogP contribution in [0.2, 0.25) is 0 Å². The molecule has 0 saturated carbocycles. The summed E-state index contributed by atoms with van der Waals surface area (Å²) in [6, 6.07) is 7.83. The summed E-state index contributed by atoms with van der Waals surface area (Å²) >= 11 is 0. The van der Waals surface area contributed by atoms with Gasteiger partial charge in [0.2, 0.25) is 17.7 Å². The van der Waals surface area contributed by atoms with Crippen molar-refractivity contribution in [3.05, 3.63) is 70.8 Å². The lowest BCUT2D eigenvalue weighted by atomic mass is 9.86. The second-order valence-electron chi connectivity index (χ2n) is 11.9. The lowest BCUT2D eigenvalue weighted by Crippen LogP contribution is -2.69. The van der Waals surface area contributed by atoms with Gasteiger partial charge in [-0.25, -0.2) is 8.78 Å². The van der Waals surface area contributed by atoms with Crippen LogP contribution in [0.15, 0.2) is 42.5 Å². The third kappa shape index (κ3) is 5.89. The van der Waals surface area contributed by atoms with Crippen LogP contribution in [0.1, 0.15) is 43.0 Å². The molecule has 216 valence electrons. The fraction of sp³-hybridized carbons (Fsp3) is 0.516. The van der Waals surface area contributed by atoms with E-state index < -0.39 is 35.7 Å². The number of carbonyl (C=O) groups excluding carboxylic acids is 3. The van der Waals surface area contributed by atoms with Crippen molar-refractivity contribution in [3.63, 3.8) is 0 Å². The van der Waals surface area contributed by atoms with Crippen molar-refractivity contribution in [1.82, 2.24) is 19.6 Å². The maximum atomic E-state index is 15.3. The fourth-order valence-electron chi connectivity index (χ4n) is 6.05. The quantitative estimate of drug-likeness (QED) is 0.476. The molecule has 1 saturated heterocycles. The van der Waals surface area contributed by atoms with Gasteiger partial charge in [0.1, 0.15) is 29.8 Å². The third-order valence-electron chi connectivity index (χ3n) is 7.97. The molecular formula is C31H40F2N4O3. The zero-order valence-corrected chi connectivity index (χ0v) is 24.2. The van der Waals surface area contributed by atoms with Gasteiger partial charge in [0.25, 0.3) is 0 Å². The Kier molecular flexibility index (Phi) is 8.93. The first-order valence-corrected chi connectivity index (χ1v) is 13.9. The Morgan fingerprint density at radius 3 is 2.12 bits per heavy atom. The van der Waals surface area contributed by atoms with Crippen molar-refractivity contribution in [2.45, 2.75) is 51.2 Å². The number of hydrogen-bond acceptors (Lipinski definition) is 4. The molecule has 0 bridgehead atoms. The van der Waals surface area contributed by atoms with Crippen LogP contribution in [0.25, 0.3) is 0 Å². The van der Waals surface area contributed by atoms with Crippen molar-refractivity contribution >= 4 is 17.7 Å². The van der Waals surface area contributed by atoms with Crippen LogP contribution in [0.3, 0.4) is 0 Å². The van der Waals surface area contributed by atoms with E-state index in [4.69, 9.17) is 0 Å². The lowest BCUT2D eigenvalue weighted by molar-refractivity contribution is -0.171. The van der Waals surface area contributed by atoms with Crippen LogP contribution in [-0.2, 0) is 27.2 Å². The largest absolute Gasteiger partial charge is 0.347 e. The van der Waals surface area contributed by atoms with Gasteiger partial charge in [0.15, 0.2) is 0 Å². The van der Waals surface area contributed by atoms with E-state index in [1.807, 2.05) is 57.1 Å². The summed E-state index contributed by atoms with van der Waals surface area (Å²) in [5.41, 5.74) is 2.16. The average molecular weight is 555 g/mol. The SMILES string of the molecule is CC(C)CC1C(=O)N(CCN(C)C)C(C2Cc3ccccc3C2)C(=O)N1C(C(=O)N(C)C)c1ccc(F)cc1F. The second kappa shape index (κ2) is 12.0. The van der Waals surface area contributed by atoms with Gasteiger partial charge in [-0.3, -0.25) is 14.4 Å². The van der Waals surface area contributed by atoms with Gasteiger partial charge >= 0.3 is 0 Å². The predicted molar refractivity (Wildman–Crippen MR) is 149 cm³/mol. The highest BCUT2D eigenvalue weighted by Gasteiger charge is 2.53. The van der Waals surface area contributed by atoms with Gasteiger partial charge in [0.05, 0.1) is 0 Å². The van der Waals surface area contributed by atoms with E-state index in [0.29, 0.717) is 38.4 Å². The van der Waals surface area contributed by atoms with Crippen molar-refractivity contribution < 1.29 is 23.2 Å². The molecule has 1 aliphatic carbocycles. The van der Waals surface area contributed by atoms with E-state index in [1.165, 1.54) is 30.0 Å². The maximum absolute atomic E-state index is 15.3. The summed E-state index contributed by atoms with van der Waals surface area (Å²) in [6.07, 6.45) is 1.55. The number of halogens is 2.